The summed E-state index contributed by atoms with van der Waals surface area (Å²) in [5.74, 6) is -3.55. The highest BCUT2D eigenvalue weighted by Gasteiger charge is 2.44. The molecule has 2 N–H and O–H groups in total. The second-order valence-corrected chi connectivity index (χ2v) is 8.12. The number of carbonyl (C=O) groups is 2. The summed E-state index contributed by atoms with van der Waals surface area (Å²) in [5, 5.41) is 13.0. The van der Waals surface area contributed by atoms with Crippen molar-refractivity contribution in [2.45, 2.75) is 44.7 Å². The van der Waals surface area contributed by atoms with E-state index in [1.165, 1.54) is 12.3 Å². The lowest BCUT2D eigenvalue weighted by Gasteiger charge is -2.44. The van der Waals surface area contributed by atoms with Crippen LogP contribution in [0.3, 0.4) is 0 Å². The number of pyridine rings is 1. The van der Waals surface area contributed by atoms with Crippen molar-refractivity contribution in [1.29, 1.82) is 0 Å². The summed E-state index contributed by atoms with van der Waals surface area (Å²) >= 11 is 0. The third-order valence-electron chi connectivity index (χ3n) is 6.35. The molecule has 0 saturated carbocycles. The normalized spacial score (nSPS) is 20.2. The number of hydrogen-bond acceptors (Lipinski definition) is 4. The molecule has 2 aromatic rings. The fourth-order valence-electron chi connectivity index (χ4n) is 4.53. The number of amides is 2. The highest BCUT2D eigenvalue weighted by Crippen LogP contribution is 2.38. The number of aromatic nitrogens is 1. The molecule has 164 valence electrons. The topological polar surface area (TPSA) is 91.6 Å². The number of nitrogens with zero attached hydrogens (tertiary/aromatic N) is 2. The van der Waals surface area contributed by atoms with Gasteiger partial charge in [0.1, 0.15) is 17.2 Å². The Morgan fingerprint density at radius 2 is 2.03 bits per heavy atom. The van der Waals surface area contributed by atoms with Gasteiger partial charge in [-0.3, -0.25) is 14.4 Å². The van der Waals surface area contributed by atoms with E-state index < -0.39 is 40.2 Å². The van der Waals surface area contributed by atoms with Gasteiger partial charge in [0, 0.05) is 37.5 Å². The van der Waals surface area contributed by atoms with E-state index in [2.05, 4.69) is 5.32 Å². The number of rotatable bonds is 4. The lowest BCUT2D eigenvalue weighted by Crippen LogP contribution is -2.53. The summed E-state index contributed by atoms with van der Waals surface area (Å²) in [7, 11) is 0. The molecule has 7 nitrogen and oxygen atoms in total. The molecule has 0 unspecified atom stereocenters. The van der Waals surface area contributed by atoms with Crippen LogP contribution in [0.25, 0.3) is 0 Å². The number of fused-ring (bicyclic) bond motifs is 4. The van der Waals surface area contributed by atoms with Crippen molar-refractivity contribution in [1.82, 2.24) is 14.8 Å². The standard InChI is InChI=1S/C22H23F2N3O4/c1-2-22-7-3-4-8-26(12-22)21(31)17-19(29)18(28)15(11-27(17)22)20(30)25-10-13-5-6-14(23)9-16(13)24/h5-6,9,11,29H,2-4,7-8,10,12H2,1H3,(H,25,30)/t22-/m0/s1. The Labute approximate surface area is 177 Å². The van der Waals surface area contributed by atoms with Crippen LogP contribution in [0.4, 0.5) is 8.78 Å². The molecule has 9 heteroatoms. The quantitative estimate of drug-likeness (QED) is 0.778. The minimum Gasteiger partial charge on any atom is -0.503 e. The van der Waals surface area contributed by atoms with E-state index in [1.54, 1.807) is 9.47 Å². The van der Waals surface area contributed by atoms with E-state index in [9.17, 15) is 28.3 Å². The zero-order valence-electron chi connectivity index (χ0n) is 17.1. The maximum atomic E-state index is 13.9. The van der Waals surface area contributed by atoms with Gasteiger partial charge in [-0.1, -0.05) is 13.0 Å². The van der Waals surface area contributed by atoms with E-state index in [0.717, 1.165) is 25.3 Å². The highest BCUT2D eigenvalue weighted by molar-refractivity contribution is 5.99. The molecule has 1 aromatic carbocycles. The van der Waals surface area contributed by atoms with Crippen LogP contribution >= 0.6 is 0 Å². The molecule has 1 atom stereocenters. The Morgan fingerprint density at radius 3 is 2.74 bits per heavy atom. The Balaban J connectivity index is 1.73. The van der Waals surface area contributed by atoms with Gasteiger partial charge in [-0.05, 0) is 31.7 Å². The smallest absolute Gasteiger partial charge is 0.274 e. The van der Waals surface area contributed by atoms with E-state index in [-0.39, 0.29) is 23.4 Å². The minimum atomic E-state index is -0.956. The molecule has 2 amide bonds. The van der Waals surface area contributed by atoms with Crippen molar-refractivity contribution in [2.75, 3.05) is 13.1 Å². The zero-order valence-corrected chi connectivity index (χ0v) is 17.1. The number of hydrogen-bond donors (Lipinski definition) is 2. The molecule has 2 aliphatic rings. The van der Waals surface area contributed by atoms with E-state index in [0.29, 0.717) is 25.6 Å². The van der Waals surface area contributed by atoms with Crippen LogP contribution in [-0.2, 0) is 12.1 Å². The average Bonchev–Trinajstić information content (AvgIpc) is 2.95. The molecule has 0 radical (unpaired) electrons. The lowest BCUT2D eigenvalue weighted by molar-refractivity contribution is 0.0559. The number of aromatic hydroxyl groups is 1. The van der Waals surface area contributed by atoms with Crippen molar-refractivity contribution < 1.29 is 23.5 Å². The van der Waals surface area contributed by atoms with Gasteiger partial charge in [0.15, 0.2) is 11.4 Å². The molecule has 0 aliphatic carbocycles. The molecule has 2 bridgehead atoms. The van der Waals surface area contributed by atoms with E-state index in [4.69, 9.17) is 0 Å². The first-order valence-corrected chi connectivity index (χ1v) is 10.3. The first-order valence-electron chi connectivity index (χ1n) is 10.3. The van der Waals surface area contributed by atoms with Gasteiger partial charge in [0.05, 0.1) is 5.54 Å². The molecule has 31 heavy (non-hydrogen) atoms. The molecule has 1 saturated heterocycles. The fraction of sp³-hybridized carbons (Fsp3) is 0.409. The summed E-state index contributed by atoms with van der Waals surface area (Å²) in [4.78, 5) is 40.0. The number of halogens is 2. The molecule has 3 heterocycles. The Bertz CT molecular complexity index is 1130. The summed E-state index contributed by atoms with van der Waals surface area (Å²) in [6.07, 6.45) is 4.41. The number of carbonyl (C=O) groups excluding carboxylic acids is 2. The zero-order chi connectivity index (χ0) is 22.3. The molecule has 4 rings (SSSR count). The Morgan fingerprint density at radius 1 is 1.26 bits per heavy atom. The minimum absolute atomic E-state index is 0.0525. The first-order chi connectivity index (χ1) is 14.8. The van der Waals surface area contributed by atoms with Crippen LogP contribution in [0.15, 0.2) is 29.2 Å². The van der Waals surface area contributed by atoms with Crippen LogP contribution in [0, 0.1) is 11.6 Å². The van der Waals surface area contributed by atoms with Crippen molar-refractivity contribution in [3.8, 4) is 5.75 Å². The predicted octanol–water partition coefficient (Wildman–Crippen LogP) is 2.51. The van der Waals surface area contributed by atoms with Crippen molar-refractivity contribution in [3.63, 3.8) is 0 Å². The van der Waals surface area contributed by atoms with Gasteiger partial charge in [-0.15, -0.1) is 0 Å². The van der Waals surface area contributed by atoms with Gasteiger partial charge in [-0.25, -0.2) is 8.78 Å². The van der Waals surface area contributed by atoms with Crippen LogP contribution < -0.4 is 10.7 Å². The second kappa shape index (κ2) is 7.79. The van der Waals surface area contributed by atoms with Crippen LogP contribution in [0.5, 0.6) is 5.75 Å². The SMILES string of the molecule is CC[C@]12CCCCN(C1)C(=O)c1c(O)c(=O)c(C(=O)NCc3ccc(F)cc3F)cn12. The lowest BCUT2D eigenvalue weighted by atomic mass is 9.87. The third-order valence-corrected chi connectivity index (χ3v) is 6.35. The van der Waals surface area contributed by atoms with Crippen molar-refractivity contribution in [3.05, 3.63) is 63.1 Å². The molecule has 2 aliphatic heterocycles. The summed E-state index contributed by atoms with van der Waals surface area (Å²) < 4.78 is 28.5. The van der Waals surface area contributed by atoms with Crippen molar-refractivity contribution in [2.24, 2.45) is 0 Å². The van der Waals surface area contributed by atoms with Gasteiger partial charge in [0.2, 0.25) is 5.43 Å². The van der Waals surface area contributed by atoms with Crippen molar-refractivity contribution >= 4 is 11.8 Å². The van der Waals surface area contributed by atoms with Crippen LogP contribution in [0.1, 0.15) is 59.0 Å². The number of nitrogens with one attached hydrogen (secondary N) is 1. The van der Waals surface area contributed by atoms with E-state index >= 15 is 0 Å². The Hall–Kier alpha value is -3.23. The second-order valence-electron chi connectivity index (χ2n) is 8.12. The summed E-state index contributed by atoms with van der Waals surface area (Å²) in [6.45, 7) is 2.70. The average molecular weight is 431 g/mol. The maximum Gasteiger partial charge on any atom is 0.274 e. The van der Waals surface area contributed by atoms with Gasteiger partial charge < -0.3 is 19.9 Å². The number of benzene rings is 1. The van der Waals surface area contributed by atoms with Gasteiger partial charge in [0.25, 0.3) is 11.8 Å². The Kier molecular flexibility index (Phi) is 5.28. The summed E-state index contributed by atoms with van der Waals surface area (Å²) in [6, 6.07) is 2.97. The van der Waals surface area contributed by atoms with Crippen LogP contribution in [-0.4, -0.2) is 39.5 Å². The maximum absolute atomic E-state index is 13.9. The van der Waals surface area contributed by atoms with E-state index in [1.807, 2.05) is 6.92 Å². The van der Waals surface area contributed by atoms with Crippen LogP contribution in [0.2, 0.25) is 0 Å². The molecular weight excluding hydrogens is 408 g/mol. The fourth-order valence-corrected chi connectivity index (χ4v) is 4.53. The predicted molar refractivity (Wildman–Crippen MR) is 108 cm³/mol. The molecule has 1 aromatic heterocycles. The van der Waals surface area contributed by atoms with Gasteiger partial charge >= 0.3 is 0 Å². The molecular formula is C22H23F2N3O4. The largest absolute Gasteiger partial charge is 0.503 e. The first kappa shape index (κ1) is 21.0. The highest BCUT2D eigenvalue weighted by atomic mass is 19.1. The molecule has 0 spiro atoms. The third kappa shape index (κ3) is 3.47. The summed E-state index contributed by atoms with van der Waals surface area (Å²) in [5.41, 5.74) is -1.86. The molecule has 1 fully saturated rings. The monoisotopic (exact) mass is 431 g/mol. The van der Waals surface area contributed by atoms with Gasteiger partial charge in [-0.2, -0.15) is 0 Å².